The number of piperidine rings is 1. The van der Waals surface area contributed by atoms with E-state index in [1.807, 2.05) is 0 Å². The molecule has 1 saturated heterocycles. The van der Waals surface area contributed by atoms with Gasteiger partial charge in [0, 0.05) is 31.8 Å². The zero-order valence-electron chi connectivity index (χ0n) is 14.2. The minimum atomic E-state index is -0.144. The number of aliphatic hydroxyl groups excluding tert-OH is 1. The number of urea groups is 1. The summed E-state index contributed by atoms with van der Waals surface area (Å²) in [7, 11) is 0. The molecule has 2 rings (SSSR count). The first-order valence-electron chi connectivity index (χ1n) is 8.92. The zero-order valence-corrected chi connectivity index (χ0v) is 14.2. The molecule has 5 heteroatoms. The quantitative estimate of drug-likeness (QED) is 0.673. The zero-order chi connectivity index (χ0) is 16.0. The van der Waals surface area contributed by atoms with Crippen molar-refractivity contribution in [1.29, 1.82) is 0 Å². The number of carbonyl (C=O) groups excluding carboxylic acids is 1. The number of carbonyl (C=O) groups is 1. The normalized spacial score (nSPS) is 24.8. The van der Waals surface area contributed by atoms with Gasteiger partial charge in [-0.25, -0.2) is 4.79 Å². The summed E-state index contributed by atoms with van der Waals surface area (Å²) in [5, 5.41) is 15.3. The van der Waals surface area contributed by atoms with Gasteiger partial charge >= 0.3 is 6.03 Å². The maximum Gasteiger partial charge on any atom is 0.315 e. The molecule has 0 bridgehead atoms. The molecule has 0 aromatic carbocycles. The highest BCUT2D eigenvalue weighted by molar-refractivity contribution is 5.75. The number of nitrogens with zero attached hydrogens (tertiary/aromatic N) is 1. The van der Waals surface area contributed by atoms with E-state index in [9.17, 15) is 4.79 Å². The van der Waals surface area contributed by atoms with Crippen LogP contribution in [0.15, 0.2) is 0 Å². The van der Waals surface area contributed by atoms with Crippen molar-refractivity contribution >= 4 is 6.03 Å². The fourth-order valence-electron chi connectivity index (χ4n) is 3.78. The smallest absolute Gasteiger partial charge is 0.315 e. The van der Waals surface area contributed by atoms with Gasteiger partial charge in [-0.05, 0) is 56.9 Å². The average molecular weight is 311 g/mol. The maximum absolute atomic E-state index is 12.1. The first-order chi connectivity index (χ1) is 10.5. The van der Waals surface area contributed by atoms with Crippen molar-refractivity contribution in [1.82, 2.24) is 15.5 Å². The first-order valence-corrected chi connectivity index (χ1v) is 8.92. The third-order valence-electron chi connectivity index (χ3n) is 5.06. The molecule has 2 amide bonds. The van der Waals surface area contributed by atoms with E-state index in [0.717, 1.165) is 38.9 Å². The lowest BCUT2D eigenvalue weighted by Gasteiger charge is -2.42. The molecule has 1 heterocycles. The van der Waals surface area contributed by atoms with Crippen LogP contribution in [0.1, 0.15) is 52.4 Å². The Morgan fingerprint density at radius 2 is 2.14 bits per heavy atom. The second kappa shape index (κ2) is 8.16. The number of hydrogen-bond acceptors (Lipinski definition) is 3. The van der Waals surface area contributed by atoms with Gasteiger partial charge in [0.25, 0.3) is 0 Å². The topological polar surface area (TPSA) is 64.6 Å². The molecule has 0 spiro atoms. The molecule has 0 radical (unpaired) electrons. The lowest BCUT2D eigenvalue weighted by molar-refractivity contribution is 0.132. The predicted octanol–water partition coefficient (Wildman–Crippen LogP) is 1.96. The highest BCUT2D eigenvalue weighted by atomic mass is 16.3. The van der Waals surface area contributed by atoms with Crippen molar-refractivity contribution in [3.8, 4) is 0 Å². The van der Waals surface area contributed by atoms with Crippen LogP contribution in [0.25, 0.3) is 0 Å². The molecule has 0 aromatic heterocycles. The van der Waals surface area contributed by atoms with Crippen molar-refractivity contribution in [2.45, 2.75) is 57.9 Å². The minimum Gasteiger partial charge on any atom is -0.396 e. The number of aliphatic hydroxyl groups is 1. The third-order valence-corrected chi connectivity index (χ3v) is 5.06. The van der Waals surface area contributed by atoms with Gasteiger partial charge < -0.3 is 20.6 Å². The first kappa shape index (κ1) is 17.5. The van der Waals surface area contributed by atoms with Gasteiger partial charge in [-0.3, -0.25) is 0 Å². The summed E-state index contributed by atoms with van der Waals surface area (Å²) >= 11 is 0. The van der Waals surface area contributed by atoms with Gasteiger partial charge in [0.15, 0.2) is 0 Å². The van der Waals surface area contributed by atoms with E-state index in [-0.39, 0.29) is 18.2 Å². The van der Waals surface area contributed by atoms with Crippen molar-refractivity contribution in [2.75, 3.05) is 32.8 Å². The molecule has 2 aliphatic rings. The second-order valence-electron chi connectivity index (χ2n) is 7.60. The van der Waals surface area contributed by atoms with Crippen molar-refractivity contribution < 1.29 is 9.90 Å². The maximum atomic E-state index is 12.1. The summed E-state index contributed by atoms with van der Waals surface area (Å²) in [5.74, 6) is 1.26. The summed E-state index contributed by atoms with van der Waals surface area (Å²) in [6, 6.07) is -0.0610. The van der Waals surface area contributed by atoms with Crippen LogP contribution in [0, 0.1) is 11.8 Å². The number of rotatable bonds is 7. The molecule has 5 nitrogen and oxygen atoms in total. The Kier molecular flexibility index (Phi) is 6.50. The van der Waals surface area contributed by atoms with Crippen LogP contribution < -0.4 is 10.6 Å². The average Bonchev–Trinajstić information content (AvgIpc) is 2.42. The van der Waals surface area contributed by atoms with Crippen LogP contribution in [0.2, 0.25) is 0 Å². The molecule has 0 aromatic rings. The number of hydrogen-bond donors (Lipinski definition) is 3. The molecule has 2 fully saturated rings. The minimum absolute atomic E-state index is 0.0610. The van der Waals surface area contributed by atoms with Crippen molar-refractivity contribution in [3.63, 3.8) is 0 Å². The summed E-state index contributed by atoms with van der Waals surface area (Å²) in [5.41, 5.74) is -0.144. The van der Waals surface area contributed by atoms with E-state index in [4.69, 9.17) is 5.11 Å². The lowest BCUT2D eigenvalue weighted by atomic mass is 9.74. The predicted molar refractivity (Wildman–Crippen MR) is 88.8 cm³/mol. The molecule has 1 saturated carbocycles. The summed E-state index contributed by atoms with van der Waals surface area (Å²) < 4.78 is 0. The summed E-state index contributed by atoms with van der Waals surface area (Å²) in [4.78, 5) is 14.6. The van der Waals surface area contributed by atoms with Crippen molar-refractivity contribution in [2.24, 2.45) is 11.8 Å². The molecule has 1 atom stereocenters. The van der Waals surface area contributed by atoms with E-state index in [1.165, 1.54) is 19.4 Å². The largest absolute Gasteiger partial charge is 0.396 e. The third kappa shape index (κ3) is 5.13. The summed E-state index contributed by atoms with van der Waals surface area (Å²) in [6.07, 6.45) is 6.24. The van der Waals surface area contributed by atoms with Crippen LogP contribution in [0.5, 0.6) is 0 Å². The Hall–Kier alpha value is -0.810. The molecule has 1 aliphatic carbocycles. The van der Waals surface area contributed by atoms with Gasteiger partial charge in [-0.2, -0.15) is 0 Å². The van der Waals surface area contributed by atoms with Crippen LogP contribution in [-0.4, -0.2) is 54.4 Å². The summed E-state index contributed by atoms with van der Waals surface area (Å²) in [6.45, 7) is 8.87. The van der Waals surface area contributed by atoms with E-state index in [0.29, 0.717) is 18.3 Å². The van der Waals surface area contributed by atoms with E-state index >= 15 is 0 Å². The Bertz CT molecular complexity index is 356. The lowest BCUT2D eigenvalue weighted by Crippen LogP contribution is -2.57. The molecule has 1 aliphatic heterocycles. The monoisotopic (exact) mass is 311 g/mol. The van der Waals surface area contributed by atoms with Gasteiger partial charge in [0.1, 0.15) is 0 Å². The molecular formula is C17H33N3O2. The van der Waals surface area contributed by atoms with E-state index < -0.39 is 0 Å². The van der Waals surface area contributed by atoms with Gasteiger partial charge in [-0.15, -0.1) is 0 Å². The van der Waals surface area contributed by atoms with E-state index in [2.05, 4.69) is 29.4 Å². The Labute approximate surface area is 134 Å². The molecule has 0 unspecified atom stereocenters. The molecule has 22 heavy (non-hydrogen) atoms. The second-order valence-corrected chi connectivity index (χ2v) is 7.60. The fourth-order valence-corrected chi connectivity index (χ4v) is 3.78. The molecule has 128 valence electrons. The molecular weight excluding hydrogens is 278 g/mol. The Morgan fingerprint density at radius 3 is 2.73 bits per heavy atom. The van der Waals surface area contributed by atoms with Crippen LogP contribution in [-0.2, 0) is 0 Å². The fraction of sp³-hybridized carbons (Fsp3) is 0.941. The number of amides is 2. The van der Waals surface area contributed by atoms with Crippen molar-refractivity contribution in [3.05, 3.63) is 0 Å². The van der Waals surface area contributed by atoms with Gasteiger partial charge in [0.2, 0.25) is 0 Å². The van der Waals surface area contributed by atoms with Crippen LogP contribution in [0.4, 0.5) is 4.79 Å². The van der Waals surface area contributed by atoms with Crippen LogP contribution in [0.3, 0.4) is 0 Å². The Morgan fingerprint density at radius 1 is 1.36 bits per heavy atom. The molecule has 3 N–H and O–H groups in total. The number of likely N-dealkylation sites (tertiary alicyclic amines) is 1. The van der Waals surface area contributed by atoms with Crippen LogP contribution >= 0.6 is 0 Å². The Balaban J connectivity index is 1.69. The van der Waals surface area contributed by atoms with Gasteiger partial charge in [0.05, 0.1) is 0 Å². The van der Waals surface area contributed by atoms with Gasteiger partial charge in [-0.1, -0.05) is 13.8 Å². The highest BCUT2D eigenvalue weighted by Gasteiger charge is 2.37. The number of nitrogens with one attached hydrogen (secondary N) is 2. The standard InChI is InChI=1S/C17H33N3O2/c1-14(2)12-20-9-3-5-15(13-20)11-18-16(22)19-17(8-10-21)6-4-7-17/h14-15,21H,3-13H2,1-2H3,(H2,18,19,22)/t15-/m1/s1. The SMILES string of the molecule is CC(C)CN1CCC[C@H](CNC(=O)NC2(CCO)CCC2)C1. The van der Waals surface area contributed by atoms with E-state index in [1.54, 1.807) is 0 Å². The highest BCUT2D eigenvalue weighted by Crippen LogP contribution is 2.34.